The van der Waals surface area contributed by atoms with Gasteiger partial charge < -0.3 is 5.32 Å². The zero-order valence-electron chi connectivity index (χ0n) is 7.67. The fraction of sp³-hybridized carbons (Fsp3) is 0.600. The van der Waals surface area contributed by atoms with Gasteiger partial charge in [-0.15, -0.1) is 0 Å². The fourth-order valence-corrected chi connectivity index (χ4v) is 4.71. The van der Waals surface area contributed by atoms with Crippen LogP contribution in [0.4, 0.5) is 0 Å². The first kappa shape index (κ1) is 9.81. The largest absolute Gasteiger partial charge is 0.314 e. The summed E-state index contributed by atoms with van der Waals surface area (Å²) in [5, 5.41) is 8.27. The quantitative estimate of drug-likeness (QED) is 0.745. The van der Waals surface area contributed by atoms with Gasteiger partial charge in [0.2, 0.25) is 0 Å². The molecule has 2 aliphatic rings. The minimum absolute atomic E-state index is 0.0699. The Kier molecular flexibility index (Phi) is 3.52. The van der Waals surface area contributed by atoms with E-state index >= 15 is 0 Å². The van der Waals surface area contributed by atoms with Gasteiger partial charge in [0.1, 0.15) is 0 Å². The molecule has 0 amide bonds. The highest BCUT2D eigenvalue weighted by molar-refractivity contribution is 9.12. The molecular weight excluding hydrogens is 246 g/mol. The standard InChI is InChI=1S/C10H16BrNS/c11-9-3-6-13(8-9)7-4-10-2-1-5-12-10/h3,6,8,10,12-13H,1-2,4-5,7H2. The van der Waals surface area contributed by atoms with Gasteiger partial charge in [-0.3, -0.25) is 0 Å². The number of nitrogens with one attached hydrogen (secondary N) is 1. The lowest BCUT2D eigenvalue weighted by Crippen LogP contribution is -2.21. The van der Waals surface area contributed by atoms with Crippen molar-refractivity contribution in [2.45, 2.75) is 25.3 Å². The SMILES string of the molecule is BrC1=C[SH](CCC2CCCN2)C=C1. The maximum absolute atomic E-state index is 3.55. The minimum atomic E-state index is 0.0699. The number of thiol groups is 1. The van der Waals surface area contributed by atoms with Crippen LogP contribution in [0.5, 0.6) is 0 Å². The van der Waals surface area contributed by atoms with Gasteiger partial charge in [0, 0.05) is 10.5 Å². The molecule has 2 aliphatic heterocycles. The number of halogens is 1. The van der Waals surface area contributed by atoms with Gasteiger partial charge in [0.05, 0.1) is 0 Å². The molecule has 0 bridgehead atoms. The molecule has 1 nitrogen and oxygen atoms in total. The van der Waals surface area contributed by atoms with E-state index in [1.165, 1.54) is 36.0 Å². The third kappa shape index (κ3) is 2.86. The highest BCUT2D eigenvalue weighted by Crippen LogP contribution is 2.39. The summed E-state index contributed by atoms with van der Waals surface area (Å²) in [7, 11) is 0.0699. The molecule has 0 aliphatic carbocycles. The fourth-order valence-electron chi connectivity index (χ4n) is 1.86. The van der Waals surface area contributed by atoms with Gasteiger partial charge >= 0.3 is 0 Å². The van der Waals surface area contributed by atoms with Crippen molar-refractivity contribution >= 4 is 26.8 Å². The van der Waals surface area contributed by atoms with Gasteiger partial charge in [-0.25, -0.2) is 10.9 Å². The summed E-state index contributed by atoms with van der Waals surface area (Å²) in [4.78, 5) is 0. The monoisotopic (exact) mass is 261 g/mol. The molecule has 13 heavy (non-hydrogen) atoms. The van der Waals surface area contributed by atoms with E-state index in [0.717, 1.165) is 6.04 Å². The summed E-state index contributed by atoms with van der Waals surface area (Å²) >= 11 is 3.51. The van der Waals surface area contributed by atoms with Crippen molar-refractivity contribution in [3.05, 3.63) is 21.4 Å². The van der Waals surface area contributed by atoms with Crippen LogP contribution in [0.2, 0.25) is 0 Å². The zero-order valence-corrected chi connectivity index (χ0v) is 10.2. The second-order valence-corrected chi connectivity index (χ2v) is 6.60. The maximum atomic E-state index is 3.55. The Labute approximate surface area is 91.1 Å². The highest BCUT2D eigenvalue weighted by Gasteiger charge is 2.14. The van der Waals surface area contributed by atoms with Crippen LogP contribution in [0.15, 0.2) is 21.4 Å². The van der Waals surface area contributed by atoms with Crippen molar-refractivity contribution in [1.29, 1.82) is 0 Å². The molecule has 0 radical (unpaired) electrons. The maximum Gasteiger partial charge on any atom is 0.0228 e. The molecule has 0 aromatic carbocycles. The van der Waals surface area contributed by atoms with Crippen LogP contribution >= 0.6 is 26.8 Å². The van der Waals surface area contributed by atoms with Crippen molar-refractivity contribution in [3.63, 3.8) is 0 Å². The summed E-state index contributed by atoms with van der Waals surface area (Å²) < 4.78 is 1.28. The smallest absolute Gasteiger partial charge is 0.0228 e. The molecule has 1 saturated heterocycles. The van der Waals surface area contributed by atoms with E-state index in [0.29, 0.717) is 0 Å². The molecule has 2 unspecified atom stereocenters. The molecule has 0 aromatic heterocycles. The molecule has 1 fully saturated rings. The van der Waals surface area contributed by atoms with Crippen LogP contribution in [-0.4, -0.2) is 18.3 Å². The third-order valence-corrected chi connectivity index (χ3v) is 5.38. The van der Waals surface area contributed by atoms with Crippen molar-refractivity contribution in [3.8, 4) is 0 Å². The van der Waals surface area contributed by atoms with Crippen LogP contribution in [-0.2, 0) is 0 Å². The van der Waals surface area contributed by atoms with Gasteiger partial charge in [-0.1, -0.05) is 15.9 Å². The first-order chi connectivity index (χ1) is 6.34. The molecule has 2 atom stereocenters. The van der Waals surface area contributed by atoms with E-state index in [1.807, 2.05) is 0 Å². The Morgan fingerprint density at radius 2 is 2.54 bits per heavy atom. The highest BCUT2D eigenvalue weighted by atomic mass is 79.9. The van der Waals surface area contributed by atoms with E-state index in [-0.39, 0.29) is 10.9 Å². The van der Waals surface area contributed by atoms with Gasteiger partial charge in [0.25, 0.3) is 0 Å². The second-order valence-electron chi connectivity index (χ2n) is 3.65. The van der Waals surface area contributed by atoms with Crippen molar-refractivity contribution < 1.29 is 0 Å². The predicted octanol–water partition coefficient (Wildman–Crippen LogP) is 2.89. The normalized spacial score (nSPS) is 35.3. The predicted molar refractivity (Wildman–Crippen MR) is 65.6 cm³/mol. The summed E-state index contributed by atoms with van der Waals surface area (Å²) in [5.74, 6) is 1.36. The molecule has 74 valence electrons. The number of allylic oxidation sites excluding steroid dienone is 2. The van der Waals surface area contributed by atoms with Crippen LogP contribution in [0.25, 0.3) is 0 Å². The van der Waals surface area contributed by atoms with Gasteiger partial charge in [-0.05, 0) is 48.5 Å². The average Bonchev–Trinajstić information content (AvgIpc) is 2.71. The molecule has 0 aromatic rings. The van der Waals surface area contributed by atoms with Crippen molar-refractivity contribution in [2.24, 2.45) is 0 Å². The van der Waals surface area contributed by atoms with E-state index in [2.05, 4.69) is 38.1 Å². The lowest BCUT2D eigenvalue weighted by molar-refractivity contribution is 0.592. The number of hydrogen-bond donors (Lipinski definition) is 2. The van der Waals surface area contributed by atoms with Crippen LogP contribution in [0.1, 0.15) is 19.3 Å². The molecule has 0 spiro atoms. The van der Waals surface area contributed by atoms with E-state index in [1.54, 1.807) is 0 Å². The topological polar surface area (TPSA) is 12.0 Å². The first-order valence-corrected chi connectivity index (χ1v) is 7.35. The van der Waals surface area contributed by atoms with Gasteiger partial charge in [0.15, 0.2) is 0 Å². The second kappa shape index (κ2) is 4.67. The zero-order chi connectivity index (χ0) is 9.10. The summed E-state index contributed by atoms with van der Waals surface area (Å²) in [6, 6.07) is 0.809. The first-order valence-electron chi connectivity index (χ1n) is 4.89. The van der Waals surface area contributed by atoms with E-state index in [4.69, 9.17) is 0 Å². The molecule has 2 rings (SSSR count). The van der Waals surface area contributed by atoms with E-state index < -0.39 is 0 Å². The lowest BCUT2D eigenvalue weighted by Gasteiger charge is -2.14. The van der Waals surface area contributed by atoms with E-state index in [9.17, 15) is 0 Å². The number of hydrogen-bond acceptors (Lipinski definition) is 1. The molecule has 3 heteroatoms. The number of rotatable bonds is 3. The van der Waals surface area contributed by atoms with Crippen LogP contribution in [0, 0.1) is 0 Å². The van der Waals surface area contributed by atoms with Crippen molar-refractivity contribution in [2.75, 3.05) is 12.3 Å². The summed E-state index contributed by atoms with van der Waals surface area (Å²) in [6.45, 7) is 1.23. The van der Waals surface area contributed by atoms with Crippen LogP contribution < -0.4 is 5.32 Å². The lowest BCUT2D eigenvalue weighted by atomic mass is 10.2. The van der Waals surface area contributed by atoms with Crippen molar-refractivity contribution in [1.82, 2.24) is 5.32 Å². The molecule has 0 saturated carbocycles. The average molecular weight is 262 g/mol. The Morgan fingerprint density at radius 1 is 1.62 bits per heavy atom. The molecule has 2 heterocycles. The Bertz CT molecular complexity index is 231. The van der Waals surface area contributed by atoms with Crippen LogP contribution in [0.3, 0.4) is 0 Å². The summed E-state index contributed by atoms with van der Waals surface area (Å²) in [5.41, 5.74) is 0. The minimum Gasteiger partial charge on any atom is -0.314 e. The van der Waals surface area contributed by atoms with Gasteiger partial charge in [-0.2, -0.15) is 0 Å². The molecule has 1 N–H and O–H groups in total. The molecular formula is C10H16BrNS. The third-order valence-electron chi connectivity index (χ3n) is 2.61. The summed E-state index contributed by atoms with van der Waals surface area (Å²) in [6.07, 6.45) is 6.30. The Morgan fingerprint density at radius 3 is 3.15 bits per heavy atom. The Hall–Kier alpha value is 0.270. The Balaban J connectivity index is 1.71.